The topological polar surface area (TPSA) is 35.2 Å². The van der Waals surface area contributed by atoms with Gasteiger partial charge in [0.05, 0.1) is 11.1 Å². The Balaban J connectivity index is 1.98. The van der Waals surface area contributed by atoms with E-state index in [4.69, 9.17) is 22.1 Å². The lowest BCUT2D eigenvalue weighted by atomic mass is 10.1. The third-order valence-electron chi connectivity index (χ3n) is 2.55. The number of hydrogen-bond donors (Lipinski definition) is 1. The van der Waals surface area contributed by atoms with Gasteiger partial charge in [0.1, 0.15) is 18.2 Å². The first-order chi connectivity index (χ1) is 8.66. The molecule has 0 spiro atoms. The summed E-state index contributed by atoms with van der Waals surface area (Å²) >= 11 is 5.96. The zero-order valence-corrected chi connectivity index (χ0v) is 10.4. The van der Waals surface area contributed by atoms with E-state index in [2.05, 4.69) is 0 Å². The molecular weight excluding hydrogens is 253 g/mol. The van der Waals surface area contributed by atoms with Crippen molar-refractivity contribution in [2.45, 2.75) is 6.04 Å². The number of hydrogen-bond acceptors (Lipinski definition) is 2. The molecule has 2 N–H and O–H groups in total. The Morgan fingerprint density at radius 3 is 2.44 bits per heavy atom. The van der Waals surface area contributed by atoms with Gasteiger partial charge in [-0.15, -0.1) is 0 Å². The van der Waals surface area contributed by atoms with E-state index in [1.165, 1.54) is 12.1 Å². The molecule has 2 rings (SSSR count). The SMILES string of the molecule is NC(COc1ccccc1Cl)c1ccc(F)cc1. The van der Waals surface area contributed by atoms with Crippen LogP contribution in [0, 0.1) is 5.82 Å². The fraction of sp³-hybridized carbons (Fsp3) is 0.143. The molecule has 4 heteroatoms. The maximum absolute atomic E-state index is 12.8. The van der Waals surface area contributed by atoms with Crippen molar-refractivity contribution in [3.8, 4) is 5.75 Å². The molecule has 94 valence electrons. The Kier molecular flexibility index (Phi) is 4.18. The Hall–Kier alpha value is -1.58. The lowest BCUT2D eigenvalue weighted by Gasteiger charge is -2.14. The molecule has 0 saturated carbocycles. The average Bonchev–Trinajstić information content (AvgIpc) is 2.38. The van der Waals surface area contributed by atoms with Gasteiger partial charge in [-0.3, -0.25) is 0 Å². The molecule has 0 aliphatic carbocycles. The van der Waals surface area contributed by atoms with Crippen LogP contribution in [0.2, 0.25) is 5.02 Å². The van der Waals surface area contributed by atoms with Gasteiger partial charge in [-0.2, -0.15) is 0 Å². The molecule has 2 nitrogen and oxygen atoms in total. The van der Waals surface area contributed by atoms with Crippen molar-refractivity contribution in [1.82, 2.24) is 0 Å². The molecule has 2 aromatic rings. The lowest BCUT2D eigenvalue weighted by molar-refractivity contribution is 0.291. The van der Waals surface area contributed by atoms with Crippen LogP contribution >= 0.6 is 11.6 Å². The molecule has 1 atom stereocenters. The van der Waals surface area contributed by atoms with E-state index in [9.17, 15) is 4.39 Å². The summed E-state index contributed by atoms with van der Waals surface area (Å²) in [6.07, 6.45) is 0. The van der Waals surface area contributed by atoms with E-state index in [1.807, 2.05) is 12.1 Å². The van der Waals surface area contributed by atoms with Crippen molar-refractivity contribution in [3.05, 3.63) is 64.9 Å². The van der Waals surface area contributed by atoms with Crippen molar-refractivity contribution < 1.29 is 9.13 Å². The molecule has 1 unspecified atom stereocenters. The van der Waals surface area contributed by atoms with Gasteiger partial charge in [-0.05, 0) is 29.8 Å². The molecule has 18 heavy (non-hydrogen) atoms. The molecular formula is C14H13ClFNO. The summed E-state index contributed by atoms with van der Waals surface area (Å²) in [6, 6.07) is 12.9. The summed E-state index contributed by atoms with van der Waals surface area (Å²) in [5.74, 6) is 0.315. The Labute approximate surface area is 110 Å². The maximum Gasteiger partial charge on any atom is 0.137 e. The minimum absolute atomic E-state index is 0.280. The van der Waals surface area contributed by atoms with Crippen molar-refractivity contribution in [2.24, 2.45) is 5.73 Å². The molecule has 0 aliphatic rings. The van der Waals surface area contributed by atoms with Crippen LogP contribution in [0.3, 0.4) is 0 Å². The minimum atomic E-state index is -0.318. The summed E-state index contributed by atoms with van der Waals surface area (Å²) in [5, 5.41) is 0.545. The molecule has 0 saturated heterocycles. The number of nitrogens with two attached hydrogens (primary N) is 1. The smallest absolute Gasteiger partial charge is 0.137 e. The highest BCUT2D eigenvalue weighted by Gasteiger charge is 2.08. The van der Waals surface area contributed by atoms with Gasteiger partial charge < -0.3 is 10.5 Å². The monoisotopic (exact) mass is 265 g/mol. The number of ether oxygens (including phenoxy) is 1. The summed E-state index contributed by atoms with van der Waals surface area (Å²) in [4.78, 5) is 0. The predicted molar refractivity (Wildman–Crippen MR) is 70.3 cm³/mol. The van der Waals surface area contributed by atoms with Crippen LogP contribution in [0.5, 0.6) is 5.75 Å². The highest BCUT2D eigenvalue weighted by molar-refractivity contribution is 6.32. The first-order valence-electron chi connectivity index (χ1n) is 5.55. The standard InChI is InChI=1S/C14H13ClFNO/c15-12-3-1-2-4-14(12)18-9-13(17)10-5-7-11(16)8-6-10/h1-8,13H,9,17H2. The average molecular weight is 266 g/mol. The highest BCUT2D eigenvalue weighted by atomic mass is 35.5. The quantitative estimate of drug-likeness (QED) is 0.917. The van der Waals surface area contributed by atoms with Gasteiger partial charge in [-0.1, -0.05) is 35.9 Å². The fourth-order valence-corrected chi connectivity index (χ4v) is 1.74. The molecule has 0 bridgehead atoms. The van der Waals surface area contributed by atoms with Gasteiger partial charge in [0.25, 0.3) is 0 Å². The van der Waals surface area contributed by atoms with E-state index in [-0.39, 0.29) is 18.5 Å². The first-order valence-corrected chi connectivity index (χ1v) is 5.93. The second-order valence-electron chi connectivity index (χ2n) is 3.90. The second-order valence-corrected chi connectivity index (χ2v) is 4.31. The van der Waals surface area contributed by atoms with Crippen LogP contribution in [0.1, 0.15) is 11.6 Å². The van der Waals surface area contributed by atoms with E-state index in [1.54, 1.807) is 24.3 Å². The van der Waals surface area contributed by atoms with E-state index < -0.39 is 0 Å². The largest absolute Gasteiger partial charge is 0.490 e. The van der Waals surface area contributed by atoms with Gasteiger partial charge in [0.15, 0.2) is 0 Å². The second kappa shape index (κ2) is 5.85. The molecule has 2 aromatic carbocycles. The summed E-state index contributed by atoms with van der Waals surface area (Å²) in [6.45, 7) is 0.287. The number of rotatable bonds is 4. The summed E-state index contributed by atoms with van der Waals surface area (Å²) in [5.41, 5.74) is 6.78. The Morgan fingerprint density at radius 2 is 1.78 bits per heavy atom. The number of para-hydroxylation sites is 1. The molecule has 0 amide bonds. The third-order valence-corrected chi connectivity index (χ3v) is 2.87. The van der Waals surface area contributed by atoms with Crippen molar-refractivity contribution in [1.29, 1.82) is 0 Å². The van der Waals surface area contributed by atoms with E-state index in [0.717, 1.165) is 5.56 Å². The minimum Gasteiger partial charge on any atom is -0.490 e. The van der Waals surface area contributed by atoms with Crippen molar-refractivity contribution in [3.63, 3.8) is 0 Å². The highest BCUT2D eigenvalue weighted by Crippen LogP contribution is 2.24. The maximum atomic E-state index is 12.8. The van der Waals surface area contributed by atoms with Gasteiger partial charge >= 0.3 is 0 Å². The van der Waals surface area contributed by atoms with Crippen LogP contribution in [0.15, 0.2) is 48.5 Å². The number of benzene rings is 2. The van der Waals surface area contributed by atoms with Gasteiger partial charge in [0.2, 0.25) is 0 Å². The van der Waals surface area contributed by atoms with Crippen molar-refractivity contribution in [2.75, 3.05) is 6.61 Å². The van der Waals surface area contributed by atoms with Crippen LogP contribution in [-0.4, -0.2) is 6.61 Å². The molecule has 0 heterocycles. The summed E-state index contributed by atoms with van der Waals surface area (Å²) < 4.78 is 18.3. The van der Waals surface area contributed by atoms with Crippen molar-refractivity contribution >= 4 is 11.6 Å². The Bertz CT molecular complexity index is 515. The predicted octanol–water partition coefficient (Wildman–Crippen LogP) is 3.56. The van der Waals surface area contributed by atoms with Crippen LogP contribution in [-0.2, 0) is 0 Å². The molecule has 0 radical (unpaired) electrons. The lowest BCUT2D eigenvalue weighted by Crippen LogP contribution is -2.19. The molecule has 0 aliphatic heterocycles. The van der Waals surface area contributed by atoms with E-state index in [0.29, 0.717) is 10.8 Å². The normalized spacial score (nSPS) is 12.2. The first kappa shape index (κ1) is 12.9. The molecule has 0 aromatic heterocycles. The van der Waals surface area contributed by atoms with Gasteiger partial charge in [-0.25, -0.2) is 4.39 Å². The van der Waals surface area contributed by atoms with Crippen LogP contribution in [0.4, 0.5) is 4.39 Å². The fourth-order valence-electron chi connectivity index (χ4n) is 1.55. The zero-order chi connectivity index (χ0) is 13.0. The van der Waals surface area contributed by atoms with Gasteiger partial charge in [0, 0.05) is 0 Å². The van der Waals surface area contributed by atoms with E-state index >= 15 is 0 Å². The van der Waals surface area contributed by atoms with Crippen LogP contribution in [0.25, 0.3) is 0 Å². The third kappa shape index (κ3) is 3.22. The number of halogens is 2. The van der Waals surface area contributed by atoms with Crippen LogP contribution < -0.4 is 10.5 Å². The summed E-state index contributed by atoms with van der Waals surface area (Å²) in [7, 11) is 0. The zero-order valence-electron chi connectivity index (χ0n) is 9.64. The Morgan fingerprint density at radius 1 is 1.11 bits per heavy atom. The molecule has 0 fully saturated rings.